The Labute approximate surface area is 227 Å². The maximum atomic E-state index is 13.7. The maximum absolute atomic E-state index is 13.7. The van der Waals surface area contributed by atoms with Gasteiger partial charge in [0, 0.05) is 23.0 Å². The molecule has 2 aliphatic heterocycles. The van der Waals surface area contributed by atoms with E-state index in [-0.39, 0.29) is 37.2 Å². The van der Waals surface area contributed by atoms with Crippen molar-refractivity contribution in [1.82, 2.24) is 9.80 Å². The van der Waals surface area contributed by atoms with E-state index in [0.717, 1.165) is 17.7 Å². The summed E-state index contributed by atoms with van der Waals surface area (Å²) in [5.74, 6) is 2.10. The van der Waals surface area contributed by atoms with Gasteiger partial charge in [-0.1, -0.05) is 26.0 Å². The number of benzene rings is 2. The molecule has 0 radical (unpaired) electrons. The number of fused-ring (bicyclic) bond motifs is 2. The van der Waals surface area contributed by atoms with Crippen molar-refractivity contribution in [3.05, 3.63) is 75.5 Å². The molecule has 1 aromatic heterocycles. The summed E-state index contributed by atoms with van der Waals surface area (Å²) in [6, 6.07) is 15.0. The molecule has 2 aliphatic rings. The third-order valence-corrected chi connectivity index (χ3v) is 8.18. The summed E-state index contributed by atoms with van der Waals surface area (Å²) < 4.78 is 17.0. The number of ether oxygens (including phenoxy) is 3. The van der Waals surface area contributed by atoms with Crippen molar-refractivity contribution in [2.45, 2.75) is 52.1 Å². The first kappa shape index (κ1) is 26.1. The van der Waals surface area contributed by atoms with E-state index >= 15 is 0 Å². The van der Waals surface area contributed by atoms with Gasteiger partial charge in [-0.2, -0.15) is 0 Å². The van der Waals surface area contributed by atoms with Crippen LogP contribution in [-0.4, -0.2) is 54.1 Å². The topological polar surface area (TPSA) is 68.3 Å². The molecule has 0 bridgehead atoms. The Balaban J connectivity index is 1.32. The highest BCUT2D eigenvalue weighted by molar-refractivity contribution is 7.10. The SMILES string of the molecule is CC(C)c1ccc(OC[C@@H]2c3ccsc3CCN2C(=O)CN(C(=O)c2ccc3c(c2)OCO3)C(C)C)cc1. The molecule has 0 fully saturated rings. The number of nitrogens with zero attached hydrogens (tertiary/aromatic N) is 2. The third kappa shape index (κ3) is 5.36. The van der Waals surface area contributed by atoms with Crippen molar-refractivity contribution < 1.29 is 23.8 Å². The Bertz CT molecular complexity index is 1300. The van der Waals surface area contributed by atoms with Gasteiger partial charge in [-0.25, -0.2) is 0 Å². The zero-order valence-electron chi connectivity index (χ0n) is 22.3. The average Bonchev–Trinajstić information content (AvgIpc) is 3.59. The monoisotopic (exact) mass is 534 g/mol. The molecule has 1 atom stereocenters. The van der Waals surface area contributed by atoms with Crippen molar-refractivity contribution in [3.63, 3.8) is 0 Å². The summed E-state index contributed by atoms with van der Waals surface area (Å²) in [6.45, 7) is 9.26. The van der Waals surface area contributed by atoms with Crippen molar-refractivity contribution >= 4 is 23.2 Å². The van der Waals surface area contributed by atoms with Gasteiger partial charge in [0.2, 0.25) is 12.7 Å². The van der Waals surface area contributed by atoms with Crippen molar-refractivity contribution in [2.75, 3.05) is 26.5 Å². The Morgan fingerprint density at radius 2 is 1.82 bits per heavy atom. The summed E-state index contributed by atoms with van der Waals surface area (Å²) in [5.41, 5.74) is 2.86. The van der Waals surface area contributed by atoms with E-state index in [1.54, 1.807) is 34.4 Å². The minimum atomic E-state index is -0.211. The van der Waals surface area contributed by atoms with Gasteiger partial charge >= 0.3 is 0 Å². The molecular weight excluding hydrogens is 500 g/mol. The number of carbonyl (C=O) groups excluding carboxylic acids is 2. The number of amides is 2. The normalized spacial score (nSPS) is 16.1. The minimum absolute atomic E-state index is 0.00992. The van der Waals surface area contributed by atoms with Gasteiger partial charge in [0.05, 0.1) is 6.04 Å². The molecule has 0 N–H and O–H groups in total. The van der Waals surface area contributed by atoms with Gasteiger partial charge in [0.1, 0.15) is 18.9 Å². The summed E-state index contributed by atoms with van der Waals surface area (Å²) >= 11 is 1.72. The zero-order valence-corrected chi connectivity index (χ0v) is 23.1. The van der Waals surface area contributed by atoms with Gasteiger partial charge in [0.25, 0.3) is 5.91 Å². The van der Waals surface area contributed by atoms with Gasteiger partial charge in [-0.15, -0.1) is 11.3 Å². The van der Waals surface area contributed by atoms with Crippen molar-refractivity contribution in [2.24, 2.45) is 0 Å². The third-order valence-electron chi connectivity index (χ3n) is 7.18. The lowest BCUT2D eigenvalue weighted by atomic mass is 10.00. The van der Waals surface area contributed by atoms with Crippen LogP contribution in [0.4, 0.5) is 0 Å². The molecule has 5 rings (SSSR count). The molecule has 200 valence electrons. The van der Waals surface area contributed by atoms with E-state index in [0.29, 0.717) is 36.1 Å². The highest BCUT2D eigenvalue weighted by atomic mass is 32.1. The second-order valence-electron chi connectivity index (χ2n) is 10.3. The number of thiophene rings is 1. The molecule has 0 spiro atoms. The van der Waals surface area contributed by atoms with Crippen LogP contribution in [0.2, 0.25) is 0 Å². The lowest BCUT2D eigenvalue weighted by Gasteiger charge is -2.37. The molecule has 3 heterocycles. The number of rotatable bonds is 8. The fourth-order valence-corrected chi connectivity index (χ4v) is 5.85. The van der Waals surface area contributed by atoms with Crippen LogP contribution in [0.15, 0.2) is 53.9 Å². The Morgan fingerprint density at radius 3 is 2.55 bits per heavy atom. The Morgan fingerprint density at radius 1 is 1.05 bits per heavy atom. The first-order valence-corrected chi connectivity index (χ1v) is 14.0. The molecule has 2 amide bonds. The van der Waals surface area contributed by atoms with Gasteiger partial charge in [0.15, 0.2) is 11.5 Å². The maximum Gasteiger partial charge on any atom is 0.254 e. The first-order valence-electron chi connectivity index (χ1n) is 13.1. The van der Waals surface area contributed by atoms with Crippen LogP contribution in [0.25, 0.3) is 0 Å². The summed E-state index contributed by atoms with van der Waals surface area (Å²) in [5, 5.41) is 2.08. The molecule has 8 heteroatoms. The van der Waals surface area contributed by atoms with E-state index in [9.17, 15) is 9.59 Å². The quantitative estimate of drug-likeness (QED) is 0.373. The Hall–Kier alpha value is -3.52. The smallest absolute Gasteiger partial charge is 0.254 e. The highest BCUT2D eigenvalue weighted by Crippen LogP contribution is 2.35. The van der Waals surface area contributed by atoms with E-state index in [2.05, 4.69) is 37.4 Å². The predicted molar refractivity (Wildman–Crippen MR) is 147 cm³/mol. The van der Waals surface area contributed by atoms with Crippen molar-refractivity contribution in [3.8, 4) is 17.2 Å². The second-order valence-corrected chi connectivity index (χ2v) is 11.3. The summed E-state index contributed by atoms with van der Waals surface area (Å²) in [7, 11) is 0. The van der Waals surface area contributed by atoms with Crippen LogP contribution in [0.5, 0.6) is 17.2 Å². The number of hydrogen-bond donors (Lipinski definition) is 0. The van der Waals surface area contributed by atoms with Crippen molar-refractivity contribution in [1.29, 1.82) is 0 Å². The largest absolute Gasteiger partial charge is 0.491 e. The van der Waals surface area contributed by atoms with Crippen LogP contribution in [0.1, 0.15) is 66.0 Å². The lowest BCUT2D eigenvalue weighted by molar-refractivity contribution is -0.136. The van der Waals surface area contributed by atoms with E-state index < -0.39 is 0 Å². The van der Waals surface area contributed by atoms with E-state index in [1.807, 2.05) is 30.9 Å². The fraction of sp³-hybridized carbons (Fsp3) is 0.400. The van der Waals surface area contributed by atoms with Crippen LogP contribution in [0, 0.1) is 0 Å². The molecule has 3 aromatic rings. The zero-order chi connectivity index (χ0) is 26.8. The summed E-state index contributed by atoms with van der Waals surface area (Å²) in [6.07, 6.45) is 0.802. The van der Waals surface area contributed by atoms with Crippen LogP contribution in [0.3, 0.4) is 0 Å². The molecule has 7 nitrogen and oxygen atoms in total. The number of carbonyl (C=O) groups is 2. The van der Waals surface area contributed by atoms with Crippen LogP contribution < -0.4 is 14.2 Å². The first-order chi connectivity index (χ1) is 18.3. The molecule has 2 aromatic carbocycles. The van der Waals surface area contributed by atoms with Gasteiger partial charge < -0.3 is 24.0 Å². The fourth-order valence-electron chi connectivity index (χ4n) is 4.92. The molecule has 0 unspecified atom stereocenters. The molecule has 38 heavy (non-hydrogen) atoms. The molecule has 0 aliphatic carbocycles. The summed E-state index contributed by atoms with van der Waals surface area (Å²) in [4.78, 5) is 32.0. The predicted octanol–water partition coefficient (Wildman–Crippen LogP) is 5.66. The Kier molecular flexibility index (Phi) is 7.61. The molecule has 0 saturated carbocycles. The van der Waals surface area contributed by atoms with Crippen LogP contribution >= 0.6 is 11.3 Å². The van der Waals surface area contributed by atoms with Gasteiger partial charge in [-0.3, -0.25) is 9.59 Å². The minimum Gasteiger partial charge on any atom is -0.491 e. The molecular formula is C30H34N2O5S. The van der Waals surface area contributed by atoms with E-state index in [4.69, 9.17) is 14.2 Å². The number of hydrogen-bond acceptors (Lipinski definition) is 6. The molecule has 0 saturated heterocycles. The van der Waals surface area contributed by atoms with E-state index in [1.165, 1.54) is 10.4 Å². The lowest BCUT2D eigenvalue weighted by Crippen LogP contribution is -2.49. The standard InChI is InChI=1S/C30H34N2O5S/c1-19(2)21-5-8-23(9-6-21)35-17-25-24-12-14-38-28(24)11-13-31(25)29(33)16-32(20(3)4)30(34)22-7-10-26-27(15-22)37-18-36-26/h5-10,12,14-15,19-20,25H,11,13,16-18H2,1-4H3/t25-/m1/s1. The van der Waals surface area contributed by atoms with Crippen LogP contribution in [-0.2, 0) is 11.2 Å². The highest BCUT2D eigenvalue weighted by Gasteiger charge is 2.34. The average molecular weight is 535 g/mol. The van der Waals surface area contributed by atoms with Gasteiger partial charge in [-0.05, 0) is 79.1 Å². The second kappa shape index (κ2) is 11.1.